The van der Waals surface area contributed by atoms with Gasteiger partial charge in [-0.1, -0.05) is 12.1 Å². The Morgan fingerprint density at radius 1 is 1.04 bits per heavy atom. The van der Waals surface area contributed by atoms with Crippen LogP contribution in [0.2, 0.25) is 0 Å². The predicted molar refractivity (Wildman–Crippen MR) is 105 cm³/mol. The molecule has 2 aromatic carbocycles. The van der Waals surface area contributed by atoms with E-state index in [1.54, 1.807) is 19.2 Å². The Balaban J connectivity index is 1.62. The molecule has 0 fully saturated rings. The van der Waals surface area contributed by atoms with E-state index in [2.05, 4.69) is 0 Å². The first-order valence-electron chi connectivity index (χ1n) is 8.93. The van der Waals surface area contributed by atoms with Crippen LogP contribution in [0.4, 0.5) is 0 Å². The van der Waals surface area contributed by atoms with E-state index in [4.69, 9.17) is 18.6 Å². The van der Waals surface area contributed by atoms with Crippen LogP contribution >= 0.6 is 0 Å². The van der Waals surface area contributed by atoms with Gasteiger partial charge in [-0.05, 0) is 49.2 Å². The molecule has 0 radical (unpaired) electrons. The van der Waals surface area contributed by atoms with Gasteiger partial charge < -0.3 is 18.6 Å². The minimum atomic E-state index is -0.471. The molecule has 0 saturated carbocycles. The van der Waals surface area contributed by atoms with Gasteiger partial charge in [0.15, 0.2) is 11.5 Å². The molecule has 3 rings (SSSR count). The van der Waals surface area contributed by atoms with Crippen LogP contribution in [0.5, 0.6) is 11.5 Å². The first-order valence-corrected chi connectivity index (χ1v) is 8.93. The number of esters is 1. The van der Waals surface area contributed by atoms with E-state index in [1.807, 2.05) is 38.1 Å². The maximum Gasteiger partial charge on any atom is 0.336 e. The van der Waals surface area contributed by atoms with Crippen molar-refractivity contribution >= 4 is 16.9 Å². The largest absolute Gasteiger partial charge is 0.493 e. The fourth-order valence-electron chi connectivity index (χ4n) is 2.82. The standard InChI is InChI=1S/C22H22O6/c1-14-10-17-16(12-22(24)28-20(17)11-15(14)2)13-27-21(23)8-9-26-19-7-5-4-6-18(19)25-3/h4-7,10-12H,8-9,13H2,1-3H3. The molecule has 0 atom stereocenters. The monoisotopic (exact) mass is 382 g/mol. The lowest BCUT2D eigenvalue weighted by Crippen LogP contribution is -2.11. The summed E-state index contributed by atoms with van der Waals surface area (Å²) in [5, 5.41) is 0.765. The highest BCUT2D eigenvalue weighted by molar-refractivity contribution is 5.82. The van der Waals surface area contributed by atoms with Gasteiger partial charge in [-0.3, -0.25) is 4.79 Å². The number of methoxy groups -OCH3 is 1. The second-order valence-electron chi connectivity index (χ2n) is 6.43. The summed E-state index contributed by atoms with van der Waals surface area (Å²) in [5.74, 6) is 0.749. The number of carbonyl (C=O) groups is 1. The van der Waals surface area contributed by atoms with Gasteiger partial charge in [0.2, 0.25) is 0 Å². The first kappa shape index (κ1) is 19.5. The lowest BCUT2D eigenvalue weighted by atomic mass is 10.0. The van der Waals surface area contributed by atoms with Crippen LogP contribution in [0, 0.1) is 13.8 Å². The zero-order valence-electron chi connectivity index (χ0n) is 16.1. The SMILES string of the molecule is COc1ccccc1OCCC(=O)OCc1cc(=O)oc2cc(C)c(C)cc12. The van der Waals surface area contributed by atoms with E-state index in [0.717, 1.165) is 16.5 Å². The molecule has 1 aromatic heterocycles. The van der Waals surface area contributed by atoms with E-state index < -0.39 is 11.6 Å². The summed E-state index contributed by atoms with van der Waals surface area (Å²) >= 11 is 0. The normalized spacial score (nSPS) is 10.7. The molecular formula is C22H22O6. The highest BCUT2D eigenvalue weighted by atomic mass is 16.5. The van der Waals surface area contributed by atoms with Crippen molar-refractivity contribution in [2.75, 3.05) is 13.7 Å². The Kier molecular flexibility index (Phi) is 5.99. The third-order valence-corrected chi connectivity index (χ3v) is 4.47. The smallest absolute Gasteiger partial charge is 0.336 e. The van der Waals surface area contributed by atoms with E-state index in [0.29, 0.717) is 22.6 Å². The van der Waals surface area contributed by atoms with Crippen molar-refractivity contribution in [1.82, 2.24) is 0 Å². The van der Waals surface area contributed by atoms with Crippen molar-refractivity contribution in [3.63, 3.8) is 0 Å². The van der Waals surface area contributed by atoms with Crippen LogP contribution in [-0.2, 0) is 16.1 Å². The van der Waals surface area contributed by atoms with Gasteiger partial charge in [-0.2, -0.15) is 0 Å². The average molecular weight is 382 g/mol. The number of ether oxygens (including phenoxy) is 3. The molecule has 0 unspecified atom stereocenters. The summed E-state index contributed by atoms with van der Waals surface area (Å²) < 4.78 is 21.4. The van der Waals surface area contributed by atoms with Crippen LogP contribution < -0.4 is 15.1 Å². The molecule has 28 heavy (non-hydrogen) atoms. The molecule has 0 aliphatic rings. The Bertz CT molecular complexity index is 1050. The number of fused-ring (bicyclic) bond motifs is 1. The first-order chi connectivity index (χ1) is 13.5. The van der Waals surface area contributed by atoms with Gasteiger partial charge in [-0.25, -0.2) is 4.79 Å². The number of para-hydroxylation sites is 2. The topological polar surface area (TPSA) is 75.0 Å². The Labute approximate surface area is 162 Å². The summed E-state index contributed by atoms with van der Waals surface area (Å²) in [5.41, 5.74) is 2.73. The maximum absolute atomic E-state index is 12.1. The lowest BCUT2D eigenvalue weighted by molar-refractivity contribution is -0.145. The Morgan fingerprint density at radius 2 is 1.75 bits per heavy atom. The quantitative estimate of drug-likeness (QED) is 0.455. The third-order valence-electron chi connectivity index (χ3n) is 4.47. The van der Waals surface area contributed by atoms with Gasteiger partial charge in [0.1, 0.15) is 12.2 Å². The molecule has 0 N–H and O–H groups in total. The molecule has 0 aliphatic carbocycles. The van der Waals surface area contributed by atoms with Gasteiger partial charge in [0, 0.05) is 17.0 Å². The van der Waals surface area contributed by atoms with Crippen LogP contribution in [-0.4, -0.2) is 19.7 Å². The zero-order valence-corrected chi connectivity index (χ0v) is 16.1. The summed E-state index contributed by atoms with van der Waals surface area (Å²) in [6.45, 7) is 4.08. The number of rotatable bonds is 7. The molecule has 6 nitrogen and oxygen atoms in total. The van der Waals surface area contributed by atoms with Crippen LogP contribution in [0.15, 0.2) is 51.7 Å². The predicted octanol–water partition coefficient (Wildman–Crippen LogP) is 3.93. The molecule has 1 heterocycles. The van der Waals surface area contributed by atoms with Gasteiger partial charge in [0.25, 0.3) is 0 Å². The van der Waals surface area contributed by atoms with Gasteiger partial charge in [-0.15, -0.1) is 0 Å². The number of hydrogen-bond acceptors (Lipinski definition) is 6. The van der Waals surface area contributed by atoms with Crippen LogP contribution in [0.25, 0.3) is 11.0 Å². The van der Waals surface area contributed by atoms with Crippen molar-refractivity contribution in [2.24, 2.45) is 0 Å². The molecular weight excluding hydrogens is 360 g/mol. The van der Waals surface area contributed by atoms with Gasteiger partial charge in [0.05, 0.1) is 20.1 Å². The highest BCUT2D eigenvalue weighted by Crippen LogP contribution is 2.26. The van der Waals surface area contributed by atoms with Crippen LogP contribution in [0.1, 0.15) is 23.1 Å². The van der Waals surface area contributed by atoms with E-state index in [-0.39, 0.29) is 19.6 Å². The van der Waals surface area contributed by atoms with E-state index in [9.17, 15) is 9.59 Å². The third kappa shape index (κ3) is 4.52. The molecule has 3 aromatic rings. The summed E-state index contributed by atoms with van der Waals surface area (Å²) in [4.78, 5) is 23.9. The molecule has 0 spiro atoms. The van der Waals surface area contributed by atoms with Crippen molar-refractivity contribution in [3.8, 4) is 11.5 Å². The van der Waals surface area contributed by atoms with E-state index >= 15 is 0 Å². The van der Waals surface area contributed by atoms with Crippen LogP contribution in [0.3, 0.4) is 0 Å². The minimum Gasteiger partial charge on any atom is -0.493 e. The lowest BCUT2D eigenvalue weighted by Gasteiger charge is -2.11. The minimum absolute atomic E-state index is 0.00189. The summed E-state index contributed by atoms with van der Waals surface area (Å²) in [6, 6.07) is 12.3. The van der Waals surface area contributed by atoms with Crippen molar-refractivity contribution in [2.45, 2.75) is 26.9 Å². The fraction of sp³-hybridized carbons (Fsp3) is 0.273. The number of benzene rings is 2. The van der Waals surface area contributed by atoms with Gasteiger partial charge >= 0.3 is 11.6 Å². The number of carbonyl (C=O) groups excluding carboxylic acids is 1. The maximum atomic E-state index is 12.1. The summed E-state index contributed by atoms with van der Waals surface area (Å²) in [6.07, 6.45) is 0.0789. The number of aryl methyl sites for hydroxylation is 2. The molecule has 0 amide bonds. The van der Waals surface area contributed by atoms with E-state index in [1.165, 1.54) is 6.07 Å². The molecule has 0 bridgehead atoms. The highest BCUT2D eigenvalue weighted by Gasteiger charge is 2.11. The molecule has 146 valence electrons. The Morgan fingerprint density at radius 3 is 2.50 bits per heavy atom. The second-order valence-corrected chi connectivity index (χ2v) is 6.43. The van der Waals surface area contributed by atoms with Crippen molar-refractivity contribution < 1.29 is 23.4 Å². The average Bonchev–Trinajstić information content (AvgIpc) is 2.68. The zero-order chi connectivity index (χ0) is 20.1. The number of hydrogen-bond donors (Lipinski definition) is 0. The fourth-order valence-corrected chi connectivity index (χ4v) is 2.82. The molecule has 0 aliphatic heterocycles. The molecule has 0 saturated heterocycles. The summed E-state index contributed by atoms with van der Waals surface area (Å²) in [7, 11) is 1.56. The Hall–Kier alpha value is -3.28. The molecule has 6 heteroatoms. The second kappa shape index (κ2) is 8.61. The van der Waals surface area contributed by atoms with Crippen molar-refractivity contribution in [3.05, 3.63) is 69.6 Å². The van der Waals surface area contributed by atoms with Crippen molar-refractivity contribution in [1.29, 1.82) is 0 Å².